The van der Waals surface area contributed by atoms with Gasteiger partial charge in [0.1, 0.15) is 22.5 Å². The maximum absolute atomic E-state index is 13.2. The van der Waals surface area contributed by atoms with Crippen molar-refractivity contribution in [1.29, 1.82) is 0 Å². The van der Waals surface area contributed by atoms with Crippen molar-refractivity contribution in [3.8, 4) is 22.1 Å². The summed E-state index contributed by atoms with van der Waals surface area (Å²) in [5.74, 6) is 0.512. The van der Waals surface area contributed by atoms with Crippen molar-refractivity contribution in [2.75, 3.05) is 26.1 Å². The van der Waals surface area contributed by atoms with Crippen LogP contribution in [-0.2, 0) is 4.79 Å². The first kappa shape index (κ1) is 22.2. The number of carbonyl (C=O) groups is 2. The number of benzene rings is 2. The molecule has 0 aliphatic carbocycles. The zero-order chi connectivity index (χ0) is 22.7. The Hall–Kier alpha value is -2.98. The Labute approximate surface area is 197 Å². The largest absolute Gasteiger partial charge is 0.497 e. The lowest BCUT2D eigenvalue weighted by Gasteiger charge is -2.24. The molecule has 3 aromatic rings. The van der Waals surface area contributed by atoms with Crippen LogP contribution in [0.3, 0.4) is 0 Å². The molecule has 1 N–H and O–H groups in total. The molecule has 4 rings (SSSR count). The Bertz CT molecular complexity index is 1130. The molecule has 2 heterocycles. The third-order valence-electron chi connectivity index (χ3n) is 5.14. The van der Waals surface area contributed by atoms with Crippen molar-refractivity contribution >= 4 is 44.2 Å². The number of nitrogens with zero attached hydrogens (tertiary/aromatic N) is 3. The minimum Gasteiger partial charge on any atom is -0.497 e. The van der Waals surface area contributed by atoms with Crippen LogP contribution in [0.1, 0.15) is 23.2 Å². The van der Waals surface area contributed by atoms with E-state index in [2.05, 4.69) is 31.4 Å². The second-order valence-electron chi connectivity index (χ2n) is 7.17. The summed E-state index contributed by atoms with van der Waals surface area (Å²) in [5.41, 5.74) is 1.32. The smallest absolute Gasteiger partial charge is 0.254 e. The number of carbonyl (C=O) groups excluding carboxylic acids is 2. The van der Waals surface area contributed by atoms with E-state index in [-0.39, 0.29) is 11.8 Å². The molecule has 1 aromatic heterocycles. The van der Waals surface area contributed by atoms with Gasteiger partial charge >= 0.3 is 0 Å². The van der Waals surface area contributed by atoms with Crippen LogP contribution in [0.5, 0.6) is 11.5 Å². The van der Waals surface area contributed by atoms with E-state index in [1.165, 1.54) is 25.6 Å². The van der Waals surface area contributed by atoms with Gasteiger partial charge in [0.2, 0.25) is 11.0 Å². The highest BCUT2D eigenvalue weighted by Crippen LogP contribution is 2.30. The van der Waals surface area contributed by atoms with Crippen molar-refractivity contribution < 1.29 is 19.1 Å². The Morgan fingerprint density at radius 2 is 1.88 bits per heavy atom. The van der Waals surface area contributed by atoms with Crippen molar-refractivity contribution in [2.45, 2.75) is 18.9 Å². The molecule has 1 aliphatic heterocycles. The van der Waals surface area contributed by atoms with E-state index in [1.807, 2.05) is 24.3 Å². The molecular formula is C22H21BrN4O4S. The molecule has 10 heteroatoms. The number of hydrogen-bond donors (Lipinski definition) is 1. The highest BCUT2D eigenvalue weighted by molar-refractivity contribution is 9.10. The summed E-state index contributed by atoms with van der Waals surface area (Å²) in [7, 11) is 3.05. The second kappa shape index (κ2) is 9.66. The number of hydrogen-bond acceptors (Lipinski definition) is 7. The zero-order valence-electron chi connectivity index (χ0n) is 17.5. The minimum atomic E-state index is -0.585. The second-order valence-corrected chi connectivity index (χ2v) is 9.06. The van der Waals surface area contributed by atoms with Crippen LogP contribution in [0.15, 0.2) is 46.9 Å². The number of amides is 2. The predicted molar refractivity (Wildman–Crippen MR) is 125 cm³/mol. The molecular weight excluding hydrogens is 496 g/mol. The molecule has 1 atom stereocenters. The fraction of sp³-hybridized carbons (Fsp3) is 0.273. The van der Waals surface area contributed by atoms with Crippen LogP contribution in [0, 0.1) is 0 Å². The lowest BCUT2D eigenvalue weighted by atomic mass is 10.1. The zero-order valence-corrected chi connectivity index (χ0v) is 19.9. The average Bonchev–Trinajstić information content (AvgIpc) is 3.48. The Morgan fingerprint density at radius 3 is 2.56 bits per heavy atom. The summed E-state index contributed by atoms with van der Waals surface area (Å²) in [6, 6.07) is 12.1. The number of anilines is 1. The molecule has 0 radical (unpaired) electrons. The first-order valence-electron chi connectivity index (χ1n) is 9.93. The number of likely N-dealkylation sites (tertiary alicyclic amines) is 1. The van der Waals surface area contributed by atoms with Crippen molar-refractivity contribution in [2.24, 2.45) is 0 Å². The van der Waals surface area contributed by atoms with Gasteiger partial charge in [-0.25, -0.2) is 0 Å². The number of ether oxygens (including phenoxy) is 2. The van der Waals surface area contributed by atoms with Crippen molar-refractivity contribution in [3.05, 3.63) is 52.5 Å². The molecule has 0 saturated carbocycles. The molecule has 166 valence electrons. The van der Waals surface area contributed by atoms with E-state index < -0.39 is 6.04 Å². The van der Waals surface area contributed by atoms with Crippen LogP contribution >= 0.6 is 27.3 Å². The standard InChI is InChI=1S/C22H21BrN4O4S/c1-30-16-10-14(11-17(12-16)31-2)21(29)27-8-4-7-18(27)19(28)24-22-26-25-20(32-22)13-5-3-6-15(23)9-13/h3,5-6,9-12,18H,4,7-8H2,1-2H3,(H,24,26,28). The number of aromatic nitrogens is 2. The Kier molecular flexibility index (Phi) is 6.71. The normalized spacial score (nSPS) is 15.5. The van der Waals surface area contributed by atoms with Crippen LogP contribution in [0.4, 0.5) is 5.13 Å². The molecule has 0 bridgehead atoms. The lowest BCUT2D eigenvalue weighted by Crippen LogP contribution is -2.43. The maximum Gasteiger partial charge on any atom is 0.254 e. The number of halogens is 1. The third kappa shape index (κ3) is 4.76. The van der Waals surface area contributed by atoms with E-state index in [0.29, 0.717) is 40.2 Å². The Morgan fingerprint density at radius 1 is 1.12 bits per heavy atom. The molecule has 32 heavy (non-hydrogen) atoms. The summed E-state index contributed by atoms with van der Waals surface area (Å²) in [4.78, 5) is 27.7. The molecule has 0 spiro atoms. The summed E-state index contributed by atoms with van der Waals surface area (Å²) < 4.78 is 11.5. The molecule has 2 amide bonds. The SMILES string of the molecule is COc1cc(OC)cc(C(=O)N2CCCC2C(=O)Nc2nnc(-c3cccc(Br)c3)s2)c1. The highest BCUT2D eigenvalue weighted by atomic mass is 79.9. The molecule has 8 nitrogen and oxygen atoms in total. The van der Waals surface area contributed by atoms with Gasteiger partial charge in [-0.1, -0.05) is 39.4 Å². The fourth-order valence-corrected chi connectivity index (χ4v) is 4.72. The van der Waals surface area contributed by atoms with Gasteiger partial charge in [0.15, 0.2) is 0 Å². The van der Waals surface area contributed by atoms with Crippen LogP contribution in [-0.4, -0.2) is 53.7 Å². The quantitative estimate of drug-likeness (QED) is 0.526. The molecule has 2 aromatic carbocycles. The number of methoxy groups -OCH3 is 2. The summed E-state index contributed by atoms with van der Waals surface area (Å²) in [6.45, 7) is 0.496. The minimum absolute atomic E-state index is 0.244. The molecule has 1 aliphatic rings. The topological polar surface area (TPSA) is 93.7 Å². The van der Waals surface area contributed by atoms with E-state index in [9.17, 15) is 9.59 Å². The van der Waals surface area contributed by atoms with Gasteiger partial charge in [-0.3, -0.25) is 14.9 Å². The van der Waals surface area contributed by atoms with Gasteiger partial charge in [-0.05, 0) is 37.1 Å². The predicted octanol–water partition coefficient (Wildman–Crippen LogP) is 4.23. The average molecular weight is 517 g/mol. The van der Waals surface area contributed by atoms with Gasteiger partial charge < -0.3 is 14.4 Å². The Balaban J connectivity index is 1.49. The van der Waals surface area contributed by atoms with E-state index in [0.717, 1.165) is 16.5 Å². The maximum atomic E-state index is 13.2. The summed E-state index contributed by atoms with van der Waals surface area (Å²) >= 11 is 4.73. The summed E-state index contributed by atoms with van der Waals surface area (Å²) in [6.07, 6.45) is 1.32. The molecule has 1 fully saturated rings. The van der Waals surface area contributed by atoms with Crippen LogP contribution in [0.25, 0.3) is 10.6 Å². The van der Waals surface area contributed by atoms with E-state index >= 15 is 0 Å². The monoisotopic (exact) mass is 516 g/mol. The lowest BCUT2D eigenvalue weighted by molar-refractivity contribution is -0.119. The van der Waals surface area contributed by atoms with Gasteiger partial charge in [0, 0.05) is 28.2 Å². The highest BCUT2D eigenvalue weighted by Gasteiger charge is 2.35. The third-order valence-corrected chi connectivity index (χ3v) is 6.52. The number of rotatable bonds is 6. The molecule has 1 saturated heterocycles. The number of nitrogens with one attached hydrogen (secondary N) is 1. The van der Waals surface area contributed by atoms with Gasteiger partial charge in [0.25, 0.3) is 5.91 Å². The first-order chi connectivity index (χ1) is 15.5. The summed E-state index contributed by atoms with van der Waals surface area (Å²) in [5, 5.41) is 12.2. The fourth-order valence-electron chi connectivity index (χ4n) is 3.58. The van der Waals surface area contributed by atoms with Crippen LogP contribution in [0.2, 0.25) is 0 Å². The first-order valence-corrected chi connectivity index (χ1v) is 11.5. The van der Waals surface area contributed by atoms with Crippen LogP contribution < -0.4 is 14.8 Å². The van der Waals surface area contributed by atoms with Gasteiger partial charge in [0.05, 0.1) is 14.2 Å². The van der Waals surface area contributed by atoms with Crippen molar-refractivity contribution in [3.63, 3.8) is 0 Å². The van der Waals surface area contributed by atoms with Gasteiger partial charge in [-0.2, -0.15) is 0 Å². The van der Waals surface area contributed by atoms with Crippen molar-refractivity contribution in [1.82, 2.24) is 15.1 Å². The van der Waals surface area contributed by atoms with Gasteiger partial charge in [-0.15, -0.1) is 10.2 Å². The van der Waals surface area contributed by atoms with E-state index in [1.54, 1.807) is 23.1 Å². The van der Waals surface area contributed by atoms with E-state index in [4.69, 9.17) is 9.47 Å². The molecule has 1 unspecified atom stereocenters.